The Morgan fingerprint density at radius 1 is 1.33 bits per heavy atom. The molecule has 0 aromatic heterocycles. The lowest BCUT2D eigenvalue weighted by atomic mass is 10.1. The van der Waals surface area contributed by atoms with Gasteiger partial charge in [-0.15, -0.1) is 0 Å². The molecule has 0 saturated carbocycles. The molecule has 0 aromatic carbocycles. The van der Waals surface area contributed by atoms with Crippen LogP contribution in [-0.2, 0) is 4.79 Å². The highest BCUT2D eigenvalue weighted by Crippen LogP contribution is 2.24. The van der Waals surface area contributed by atoms with Gasteiger partial charge in [0, 0.05) is 6.42 Å². The van der Waals surface area contributed by atoms with Crippen LogP contribution in [0, 0.1) is 0 Å². The maximum absolute atomic E-state index is 10.1. The smallest absolute Gasteiger partial charge is 0.303 e. The molecule has 0 fully saturated rings. The Bertz CT molecular complexity index is 176. The van der Waals surface area contributed by atoms with Crippen LogP contribution in [0.15, 0.2) is 11.6 Å². The van der Waals surface area contributed by atoms with Gasteiger partial charge < -0.3 is 5.11 Å². The molecule has 0 bridgehead atoms. The highest BCUT2D eigenvalue weighted by Gasteiger charge is 2.05. The monoisotopic (exact) mass is 168 g/mol. The molecule has 0 heterocycles. The third-order valence-electron chi connectivity index (χ3n) is 2.13. The Morgan fingerprint density at radius 3 is 2.58 bits per heavy atom. The van der Waals surface area contributed by atoms with Gasteiger partial charge in [-0.25, -0.2) is 0 Å². The molecule has 0 aromatic rings. The first-order valence-corrected chi connectivity index (χ1v) is 4.69. The van der Waals surface area contributed by atoms with Crippen molar-refractivity contribution in [2.24, 2.45) is 0 Å². The average molecular weight is 168 g/mol. The molecule has 68 valence electrons. The Labute approximate surface area is 73.3 Å². The Kier molecular flexibility index (Phi) is 3.85. The molecular weight excluding hydrogens is 152 g/mol. The highest BCUT2D eigenvalue weighted by atomic mass is 16.4. The van der Waals surface area contributed by atoms with Crippen molar-refractivity contribution in [3.63, 3.8) is 0 Å². The zero-order chi connectivity index (χ0) is 8.81. The summed E-state index contributed by atoms with van der Waals surface area (Å²) in [6.07, 6.45) is 9.41. The molecule has 0 aliphatic heterocycles. The van der Waals surface area contributed by atoms with Crippen LogP contribution in [0.4, 0.5) is 0 Å². The molecule has 0 unspecified atom stereocenters. The lowest BCUT2D eigenvalue weighted by Gasteiger charge is -1.96. The van der Waals surface area contributed by atoms with E-state index < -0.39 is 5.97 Å². The van der Waals surface area contributed by atoms with Crippen LogP contribution < -0.4 is 0 Å². The second-order valence-electron chi connectivity index (χ2n) is 3.37. The van der Waals surface area contributed by atoms with Crippen molar-refractivity contribution >= 4 is 5.97 Å². The van der Waals surface area contributed by atoms with Crippen molar-refractivity contribution in [2.75, 3.05) is 0 Å². The summed E-state index contributed by atoms with van der Waals surface area (Å²) in [6.45, 7) is 0. The van der Waals surface area contributed by atoms with Gasteiger partial charge in [-0.1, -0.05) is 24.5 Å². The maximum atomic E-state index is 10.1. The SMILES string of the molecule is O=C(O)CCCCCCC1=CC1. The predicted molar refractivity (Wildman–Crippen MR) is 48.0 cm³/mol. The lowest BCUT2D eigenvalue weighted by molar-refractivity contribution is -0.137. The summed E-state index contributed by atoms with van der Waals surface area (Å²) in [5, 5.41) is 8.36. The van der Waals surface area contributed by atoms with Crippen LogP contribution in [0.5, 0.6) is 0 Å². The van der Waals surface area contributed by atoms with Crippen LogP contribution in [0.2, 0.25) is 0 Å². The van der Waals surface area contributed by atoms with Gasteiger partial charge in [-0.2, -0.15) is 0 Å². The first-order chi connectivity index (χ1) is 5.79. The maximum Gasteiger partial charge on any atom is 0.303 e. The van der Waals surface area contributed by atoms with E-state index in [-0.39, 0.29) is 0 Å². The van der Waals surface area contributed by atoms with Crippen molar-refractivity contribution in [1.29, 1.82) is 0 Å². The third-order valence-corrected chi connectivity index (χ3v) is 2.13. The molecule has 0 radical (unpaired) electrons. The van der Waals surface area contributed by atoms with Crippen LogP contribution in [0.25, 0.3) is 0 Å². The van der Waals surface area contributed by atoms with Gasteiger partial charge >= 0.3 is 5.97 Å². The molecular formula is C10H16O2. The van der Waals surface area contributed by atoms with E-state index in [4.69, 9.17) is 5.11 Å². The average Bonchev–Trinajstić information content (AvgIpc) is 2.79. The molecule has 1 aliphatic carbocycles. The zero-order valence-electron chi connectivity index (χ0n) is 7.38. The molecule has 1 rings (SSSR count). The van der Waals surface area contributed by atoms with Crippen LogP contribution in [0.3, 0.4) is 0 Å². The van der Waals surface area contributed by atoms with Crippen LogP contribution in [-0.4, -0.2) is 11.1 Å². The Hall–Kier alpha value is -0.790. The number of rotatable bonds is 7. The number of hydrogen-bond acceptors (Lipinski definition) is 1. The zero-order valence-corrected chi connectivity index (χ0v) is 7.38. The fourth-order valence-electron chi connectivity index (χ4n) is 1.26. The predicted octanol–water partition coefficient (Wildman–Crippen LogP) is 2.74. The standard InChI is InChI=1S/C10H16O2/c11-10(12)6-4-2-1-3-5-9-7-8-9/h7H,1-6,8H2,(H,11,12). The van der Waals surface area contributed by atoms with E-state index in [0.717, 1.165) is 12.8 Å². The minimum atomic E-state index is -0.667. The Morgan fingerprint density at radius 2 is 2.00 bits per heavy atom. The molecule has 0 spiro atoms. The second kappa shape index (κ2) is 4.96. The first-order valence-electron chi connectivity index (χ1n) is 4.69. The second-order valence-corrected chi connectivity index (χ2v) is 3.37. The highest BCUT2D eigenvalue weighted by molar-refractivity contribution is 5.66. The largest absolute Gasteiger partial charge is 0.481 e. The van der Waals surface area contributed by atoms with Gasteiger partial charge in [-0.3, -0.25) is 4.79 Å². The van der Waals surface area contributed by atoms with E-state index >= 15 is 0 Å². The number of hydrogen-bond donors (Lipinski definition) is 1. The van der Waals surface area contributed by atoms with Crippen LogP contribution >= 0.6 is 0 Å². The van der Waals surface area contributed by atoms with E-state index in [1.165, 1.54) is 25.7 Å². The summed E-state index contributed by atoms with van der Waals surface area (Å²) in [4.78, 5) is 10.1. The van der Waals surface area contributed by atoms with E-state index in [2.05, 4.69) is 6.08 Å². The van der Waals surface area contributed by atoms with Crippen molar-refractivity contribution in [3.05, 3.63) is 11.6 Å². The molecule has 2 nitrogen and oxygen atoms in total. The minimum absolute atomic E-state index is 0.336. The van der Waals surface area contributed by atoms with Crippen LogP contribution in [0.1, 0.15) is 44.9 Å². The number of carbonyl (C=O) groups is 1. The Balaban J connectivity index is 1.76. The van der Waals surface area contributed by atoms with E-state index in [1.807, 2.05) is 0 Å². The molecule has 0 atom stereocenters. The van der Waals surface area contributed by atoms with E-state index in [1.54, 1.807) is 5.57 Å². The van der Waals surface area contributed by atoms with Crippen molar-refractivity contribution in [2.45, 2.75) is 44.9 Å². The van der Waals surface area contributed by atoms with Gasteiger partial charge in [0.15, 0.2) is 0 Å². The molecule has 2 heteroatoms. The number of allylic oxidation sites excluding steroid dienone is 2. The summed E-state index contributed by atoms with van der Waals surface area (Å²) in [5.74, 6) is -0.667. The summed E-state index contributed by atoms with van der Waals surface area (Å²) in [5.41, 5.74) is 1.59. The normalized spacial score (nSPS) is 14.2. The van der Waals surface area contributed by atoms with Gasteiger partial charge in [0.2, 0.25) is 0 Å². The van der Waals surface area contributed by atoms with Gasteiger partial charge in [0.25, 0.3) is 0 Å². The molecule has 1 N–H and O–H groups in total. The topological polar surface area (TPSA) is 37.3 Å². The van der Waals surface area contributed by atoms with Gasteiger partial charge in [0.05, 0.1) is 0 Å². The fourth-order valence-corrected chi connectivity index (χ4v) is 1.26. The first kappa shape index (κ1) is 9.30. The molecule has 1 aliphatic rings. The molecule has 0 amide bonds. The lowest BCUT2D eigenvalue weighted by Crippen LogP contribution is -1.93. The van der Waals surface area contributed by atoms with Gasteiger partial charge in [0.1, 0.15) is 0 Å². The number of carboxylic acids is 1. The molecule has 12 heavy (non-hydrogen) atoms. The summed E-state index contributed by atoms with van der Waals surface area (Å²) >= 11 is 0. The minimum Gasteiger partial charge on any atom is -0.481 e. The number of aliphatic carboxylic acids is 1. The summed E-state index contributed by atoms with van der Waals surface area (Å²) in [6, 6.07) is 0. The number of unbranched alkanes of at least 4 members (excludes halogenated alkanes) is 3. The fraction of sp³-hybridized carbons (Fsp3) is 0.700. The quantitative estimate of drug-likeness (QED) is 0.469. The number of carboxylic acid groups (broad SMARTS) is 1. The molecule has 0 saturated heterocycles. The summed E-state index contributed by atoms with van der Waals surface area (Å²) in [7, 11) is 0. The summed E-state index contributed by atoms with van der Waals surface area (Å²) < 4.78 is 0. The van der Waals surface area contributed by atoms with Gasteiger partial charge in [-0.05, 0) is 25.7 Å². The van der Waals surface area contributed by atoms with Crippen molar-refractivity contribution in [3.8, 4) is 0 Å². The van der Waals surface area contributed by atoms with Crippen molar-refractivity contribution in [1.82, 2.24) is 0 Å². The van der Waals surface area contributed by atoms with Crippen molar-refractivity contribution < 1.29 is 9.90 Å². The van der Waals surface area contributed by atoms with E-state index in [9.17, 15) is 4.79 Å². The van der Waals surface area contributed by atoms with E-state index in [0.29, 0.717) is 6.42 Å². The third kappa shape index (κ3) is 4.94.